The summed E-state index contributed by atoms with van der Waals surface area (Å²) in [5, 5.41) is 55.6. The fraction of sp³-hybridized carbons (Fsp3) is 0.435. The Hall–Kier alpha value is -3.61. The molecular formula is C23H28N4O8. The molecule has 3 aliphatic rings. The molecule has 0 spiro atoms. The molecule has 0 radical (unpaired) electrons. The summed E-state index contributed by atoms with van der Waals surface area (Å²) in [7, 11) is 6.32. The standard InChI is InChI=1S/C23H28N4O8/c1-26(2)10-6-9(24)17(29)13-12(10)16(28)7-5-8-15(27(3)4)19(31)14(22(25)34)21(33)23(8,35)20(32)11(7)18(13)30/h6-8,15-16,28-30,33,35H,5,24H2,1-4H3,(H2,25,34)/t7-,8-,15-,16?,23-/m0/s1. The zero-order chi connectivity index (χ0) is 26.3. The number of Topliss-reactive ketones (excluding diaryl/α,β-unsaturated/α-hetero) is 2. The van der Waals surface area contributed by atoms with Gasteiger partial charge in [0.05, 0.1) is 23.4 Å². The number of nitrogens with zero attached hydrogens (tertiary/aromatic N) is 2. The van der Waals surface area contributed by atoms with Gasteiger partial charge in [-0.15, -0.1) is 0 Å². The van der Waals surface area contributed by atoms with E-state index in [9.17, 15) is 39.9 Å². The molecule has 12 heteroatoms. The van der Waals surface area contributed by atoms with Crippen LogP contribution in [-0.2, 0) is 14.4 Å². The highest BCUT2D eigenvalue weighted by atomic mass is 16.3. The van der Waals surface area contributed by atoms with Gasteiger partial charge >= 0.3 is 0 Å². The lowest BCUT2D eigenvalue weighted by atomic mass is 9.57. The molecule has 9 N–H and O–H groups in total. The average molecular weight is 488 g/mol. The molecule has 1 amide bonds. The Balaban J connectivity index is 2.06. The number of anilines is 2. The van der Waals surface area contributed by atoms with Gasteiger partial charge in [0.2, 0.25) is 5.78 Å². The van der Waals surface area contributed by atoms with Gasteiger partial charge in [-0.3, -0.25) is 19.3 Å². The number of aromatic hydroxyl groups is 1. The molecular weight excluding hydrogens is 460 g/mol. The van der Waals surface area contributed by atoms with Gasteiger partial charge in [0, 0.05) is 42.8 Å². The molecule has 0 aliphatic heterocycles. The molecule has 0 bridgehead atoms. The summed E-state index contributed by atoms with van der Waals surface area (Å²) in [6, 6.07) is 0.171. The molecule has 1 fully saturated rings. The largest absolute Gasteiger partial charge is 0.508 e. The minimum absolute atomic E-state index is 0.118. The van der Waals surface area contributed by atoms with Gasteiger partial charge in [-0.1, -0.05) is 0 Å². The molecule has 1 saturated carbocycles. The lowest BCUT2D eigenvalue weighted by molar-refractivity contribution is -0.155. The number of benzene rings is 1. The molecule has 1 unspecified atom stereocenters. The van der Waals surface area contributed by atoms with E-state index in [0.717, 1.165) is 0 Å². The fourth-order valence-electron chi connectivity index (χ4n) is 5.72. The van der Waals surface area contributed by atoms with Gasteiger partial charge in [0.15, 0.2) is 11.4 Å². The highest BCUT2D eigenvalue weighted by Crippen LogP contribution is 2.57. The molecule has 1 aromatic carbocycles. The van der Waals surface area contributed by atoms with Crippen molar-refractivity contribution in [3.8, 4) is 5.75 Å². The summed E-state index contributed by atoms with van der Waals surface area (Å²) in [6.07, 6.45) is -1.68. The second-order valence-corrected chi connectivity index (χ2v) is 9.63. The van der Waals surface area contributed by atoms with Gasteiger partial charge in [-0.05, 0) is 26.6 Å². The number of nitrogen functional groups attached to an aromatic ring is 1. The quantitative estimate of drug-likeness (QED) is 0.157. The smallest absolute Gasteiger partial charge is 0.255 e. The second kappa shape index (κ2) is 7.70. The average Bonchev–Trinajstić information content (AvgIpc) is 2.75. The van der Waals surface area contributed by atoms with Crippen LogP contribution < -0.4 is 16.4 Å². The molecule has 0 saturated heterocycles. The number of fused-ring (bicyclic) bond motifs is 3. The number of phenols is 1. The Morgan fingerprint density at radius 1 is 1.14 bits per heavy atom. The molecule has 0 heterocycles. The van der Waals surface area contributed by atoms with Crippen LogP contribution in [0.5, 0.6) is 5.75 Å². The maximum atomic E-state index is 13.8. The fourth-order valence-corrected chi connectivity index (χ4v) is 5.72. The highest BCUT2D eigenvalue weighted by molar-refractivity contribution is 6.24. The molecule has 188 valence electrons. The topological polar surface area (TPSA) is 211 Å². The molecule has 4 rings (SSSR count). The normalized spacial score (nSPS) is 30.3. The zero-order valence-electron chi connectivity index (χ0n) is 19.6. The van der Waals surface area contributed by atoms with Crippen molar-refractivity contribution in [2.24, 2.45) is 17.6 Å². The van der Waals surface area contributed by atoms with Gasteiger partial charge in [0.25, 0.3) is 5.91 Å². The first-order valence-corrected chi connectivity index (χ1v) is 10.8. The predicted molar refractivity (Wildman–Crippen MR) is 124 cm³/mol. The van der Waals surface area contributed by atoms with Crippen molar-refractivity contribution in [1.29, 1.82) is 0 Å². The number of rotatable bonds is 3. The summed E-state index contributed by atoms with van der Waals surface area (Å²) in [5.74, 6) is -8.32. The number of aliphatic hydroxyl groups excluding tert-OH is 3. The summed E-state index contributed by atoms with van der Waals surface area (Å²) in [4.78, 5) is 41.9. The number of carbonyl (C=O) groups excluding carboxylic acids is 3. The van der Waals surface area contributed by atoms with Gasteiger partial charge in [0.1, 0.15) is 22.8 Å². The third-order valence-electron chi connectivity index (χ3n) is 7.30. The first-order chi connectivity index (χ1) is 16.2. The van der Waals surface area contributed by atoms with Crippen molar-refractivity contribution >= 4 is 34.6 Å². The molecule has 35 heavy (non-hydrogen) atoms. The van der Waals surface area contributed by atoms with Crippen molar-refractivity contribution in [2.75, 3.05) is 38.8 Å². The number of aliphatic hydroxyl groups is 4. The van der Waals surface area contributed by atoms with Crippen LogP contribution in [0, 0.1) is 11.8 Å². The predicted octanol–water partition coefficient (Wildman–Crippen LogP) is -0.897. The van der Waals surface area contributed by atoms with Gasteiger partial charge in [-0.25, -0.2) is 0 Å². The van der Waals surface area contributed by atoms with E-state index < -0.39 is 75.5 Å². The first kappa shape index (κ1) is 24.5. The number of amides is 1. The number of carbonyl (C=O) groups is 3. The molecule has 0 aromatic heterocycles. The number of likely N-dealkylation sites (N-methyl/N-ethyl adjacent to an activating group) is 1. The van der Waals surface area contributed by atoms with E-state index >= 15 is 0 Å². The van der Waals surface area contributed by atoms with E-state index in [-0.39, 0.29) is 23.2 Å². The third kappa shape index (κ3) is 3.00. The van der Waals surface area contributed by atoms with Crippen LogP contribution in [-0.4, -0.2) is 87.7 Å². The Morgan fingerprint density at radius 2 is 1.74 bits per heavy atom. The highest BCUT2D eigenvalue weighted by Gasteiger charge is 2.65. The van der Waals surface area contributed by atoms with Crippen LogP contribution in [0.2, 0.25) is 0 Å². The number of hydrogen-bond donors (Lipinski definition) is 7. The van der Waals surface area contributed by atoms with Crippen LogP contribution in [0.15, 0.2) is 23.0 Å². The number of phenolic OH excluding ortho intramolecular Hbond substituents is 1. The van der Waals surface area contributed by atoms with Crippen LogP contribution in [0.25, 0.3) is 5.76 Å². The zero-order valence-corrected chi connectivity index (χ0v) is 19.6. The molecule has 12 nitrogen and oxygen atoms in total. The van der Waals surface area contributed by atoms with Crippen molar-refractivity contribution in [1.82, 2.24) is 4.90 Å². The van der Waals surface area contributed by atoms with Crippen LogP contribution in [0.3, 0.4) is 0 Å². The first-order valence-electron chi connectivity index (χ1n) is 10.8. The van der Waals surface area contributed by atoms with E-state index in [2.05, 4.69) is 0 Å². The van der Waals surface area contributed by atoms with Crippen LogP contribution in [0.1, 0.15) is 23.7 Å². The van der Waals surface area contributed by atoms with E-state index in [1.54, 1.807) is 19.0 Å². The summed E-state index contributed by atoms with van der Waals surface area (Å²) < 4.78 is 0. The van der Waals surface area contributed by atoms with Gasteiger partial charge < -0.3 is 41.9 Å². The Labute approximate surface area is 200 Å². The summed E-state index contributed by atoms with van der Waals surface area (Å²) in [5.41, 5.74) is 7.12. The number of ketones is 2. The van der Waals surface area contributed by atoms with Crippen molar-refractivity contribution in [2.45, 2.75) is 24.2 Å². The van der Waals surface area contributed by atoms with E-state index in [1.165, 1.54) is 25.1 Å². The summed E-state index contributed by atoms with van der Waals surface area (Å²) in [6.45, 7) is 0. The number of hydrogen-bond acceptors (Lipinski definition) is 11. The number of nitrogens with two attached hydrogens (primary N) is 2. The minimum atomic E-state index is -2.79. The van der Waals surface area contributed by atoms with E-state index in [1.807, 2.05) is 0 Å². The monoisotopic (exact) mass is 488 g/mol. The summed E-state index contributed by atoms with van der Waals surface area (Å²) >= 11 is 0. The second-order valence-electron chi connectivity index (χ2n) is 9.63. The SMILES string of the molecule is CN(C)c1cc(N)c(O)c2c1C(O)[C@H]1C[C@H]3[C@H](N(C)C)C(=O)C(C(N)=O)=C(O)[C@@]3(O)C(=O)C1=C2O. The van der Waals surface area contributed by atoms with E-state index in [4.69, 9.17) is 11.5 Å². The van der Waals surface area contributed by atoms with Crippen molar-refractivity contribution in [3.63, 3.8) is 0 Å². The lowest BCUT2D eigenvalue weighted by Crippen LogP contribution is -2.66. The molecule has 3 aliphatic carbocycles. The Kier molecular flexibility index (Phi) is 5.39. The third-order valence-corrected chi connectivity index (χ3v) is 7.30. The molecule has 1 aromatic rings. The Morgan fingerprint density at radius 3 is 2.26 bits per heavy atom. The van der Waals surface area contributed by atoms with E-state index in [0.29, 0.717) is 5.69 Å². The Bertz CT molecular complexity index is 1250. The van der Waals surface area contributed by atoms with Crippen LogP contribution >= 0.6 is 0 Å². The van der Waals surface area contributed by atoms with Crippen LogP contribution in [0.4, 0.5) is 11.4 Å². The lowest BCUT2D eigenvalue weighted by Gasteiger charge is -2.51. The number of primary amides is 1. The van der Waals surface area contributed by atoms with Gasteiger partial charge in [-0.2, -0.15) is 0 Å². The van der Waals surface area contributed by atoms with Crippen molar-refractivity contribution < 1.29 is 39.9 Å². The van der Waals surface area contributed by atoms with Crippen molar-refractivity contribution in [3.05, 3.63) is 34.1 Å². The maximum Gasteiger partial charge on any atom is 0.255 e. The minimum Gasteiger partial charge on any atom is -0.508 e. The maximum absolute atomic E-state index is 13.8. The molecule has 5 atom stereocenters.